The van der Waals surface area contributed by atoms with Crippen LogP contribution in [-0.2, 0) is 19.6 Å². The second kappa shape index (κ2) is 11.0. The van der Waals surface area contributed by atoms with Crippen molar-refractivity contribution in [1.82, 2.24) is 14.5 Å². The van der Waals surface area contributed by atoms with E-state index in [2.05, 4.69) is 5.32 Å². The van der Waals surface area contributed by atoms with E-state index in [4.69, 9.17) is 0 Å². The highest BCUT2D eigenvalue weighted by atomic mass is 32.2. The summed E-state index contributed by atoms with van der Waals surface area (Å²) in [5.41, 5.74) is 0. The third kappa shape index (κ3) is 5.96. The minimum Gasteiger partial charge on any atom is -0.356 e. The Morgan fingerprint density at radius 3 is 2.30 bits per heavy atom. The zero-order chi connectivity index (χ0) is 23.3. The lowest BCUT2D eigenvalue weighted by Crippen LogP contribution is -2.51. The Morgan fingerprint density at radius 1 is 0.848 bits per heavy atom. The maximum atomic E-state index is 13.3. The summed E-state index contributed by atoms with van der Waals surface area (Å²) in [6.07, 6.45) is 9.17. The van der Waals surface area contributed by atoms with E-state index < -0.39 is 10.0 Å². The molecule has 2 heterocycles. The second-order valence-corrected chi connectivity index (χ2v) is 11.8. The summed E-state index contributed by atoms with van der Waals surface area (Å²) in [5, 5.41) is 3.14. The van der Waals surface area contributed by atoms with E-state index >= 15 is 0 Å². The molecular formula is C25H37N3O4S. The molecule has 2 unspecified atom stereocenters. The molecule has 1 aliphatic carbocycles. The number of carbonyl (C=O) groups excluding carboxylic acids is 2. The van der Waals surface area contributed by atoms with E-state index in [1.165, 1.54) is 36.4 Å². The van der Waals surface area contributed by atoms with Gasteiger partial charge in [-0.15, -0.1) is 0 Å². The minimum absolute atomic E-state index is 0.00672. The predicted octanol–water partition coefficient (Wildman–Crippen LogP) is 3.02. The standard InChI is InChI=1S/C25H37N3O4S/c29-24(26-17-20-9-3-1-4-10-20)21-11-7-15-27(18-21)25(30)22-12-8-16-28(19-22)33(31,32)23-13-5-2-6-14-23/h2,5-6,13-14,20-22H,1,3-4,7-12,15-19H2,(H,26,29). The molecule has 2 saturated heterocycles. The number of rotatable bonds is 6. The zero-order valence-corrected chi connectivity index (χ0v) is 20.3. The Labute approximate surface area is 198 Å². The van der Waals surface area contributed by atoms with Crippen LogP contribution in [0.1, 0.15) is 57.8 Å². The number of benzene rings is 1. The number of piperidine rings is 2. The lowest BCUT2D eigenvalue weighted by atomic mass is 9.89. The Kier molecular flexibility index (Phi) is 8.07. The average Bonchev–Trinajstić information content (AvgIpc) is 2.88. The van der Waals surface area contributed by atoms with Crippen LogP contribution in [0.15, 0.2) is 35.2 Å². The van der Waals surface area contributed by atoms with Crippen LogP contribution in [0.4, 0.5) is 0 Å². The molecule has 1 N–H and O–H groups in total. The van der Waals surface area contributed by atoms with Crippen LogP contribution in [0, 0.1) is 17.8 Å². The average molecular weight is 476 g/mol. The molecule has 1 aromatic carbocycles. The van der Waals surface area contributed by atoms with Gasteiger partial charge in [-0.25, -0.2) is 8.42 Å². The highest BCUT2D eigenvalue weighted by Crippen LogP contribution is 2.27. The molecule has 2 aliphatic heterocycles. The van der Waals surface area contributed by atoms with E-state index in [1.54, 1.807) is 35.2 Å². The fourth-order valence-corrected chi connectivity index (χ4v) is 7.08. The van der Waals surface area contributed by atoms with Crippen molar-refractivity contribution >= 4 is 21.8 Å². The minimum atomic E-state index is -3.60. The van der Waals surface area contributed by atoms with Gasteiger partial charge in [-0.3, -0.25) is 9.59 Å². The van der Waals surface area contributed by atoms with Gasteiger partial charge < -0.3 is 10.2 Å². The molecule has 2 amide bonds. The van der Waals surface area contributed by atoms with Crippen LogP contribution in [0.3, 0.4) is 0 Å². The molecule has 1 saturated carbocycles. The molecular weight excluding hydrogens is 438 g/mol. The van der Waals surface area contributed by atoms with Crippen LogP contribution in [0.25, 0.3) is 0 Å². The molecule has 8 heteroatoms. The quantitative estimate of drug-likeness (QED) is 0.685. The first-order chi connectivity index (χ1) is 15.9. The molecule has 0 spiro atoms. The van der Waals surface area contributed by atoms with Gasteiger partial charge in [-0.2, -0.15) is 4.31 Å². The number of sulfonamides is 1. The summed E-state index contributed by atoms with van der Waals surface area (Å²) >= 11 is 0. The fourth-order valence-electron chi connectivity index (χ4n) is 5.53. The SMILES string of the molecule is O=C(NCC1CCCCC1)C1CCCN(C(=O)C2CCCN(S(=O)(=O)c3ccccc3)C2)C1. The van der Waals surface area contributed by atoms with Crippen molar-refractivity contribution in [2.24, 2.45) is 17.8 Å². The van der Waals surface area contributed by atoms with Gasteiger partial charge in [0.2, 0.25) is 21.8 Å². The van der Waals surface area contributed by atoms with E-state index in [0.717, 1.165) is 19.4 Å². The monoisotopic (exact) mass is 475 g/mol. The summed E-state index contributed by atoms with van der Waals surface area (Å²) in [6.45, 7) is 2.49. The van der Waals surface area contributed by atoms with Gasteiger partial charge >= 0.3 is 0 Å². The van der Waals surface area contributed by atoms with Gasteiger partial charge in [0.1, 0.15) is 0 Å². The number of carbonyl (C=O) groups is 2. The molecule has 1 aromatic rings. The number of likely N-dealkylation sites (tertiary alicyclic amines) is 1. The van der Waals surface area contributed by atoms with Crippen LogP contribution in [0.5, 0.6) is 0 Å². The van der Waals surface area contributed by atoms with Crippen molar-refractivity contribution in [2.75, 3.05) is 32.7 Å². The van der Waals surface area contributed by atoms with E-state index in [0.29, 0.717) is 38.4 Å². The molecule has 2 atom stereocenters. The summed E-state index contributed by atoms with van der Waals surface area (Å²) in [4.78, 5) is 28.2. The van der Waals surface area contributed by atoms with Crippen LogP contribution in [0.2, 0.25) is 0 Å². The molecule has 33 heavy (non-hydrogen) atoms. The third-order valence-electron chi connectivity index (χ3n) is 7.51. The number of nitrogens with one attached hydrogen (secondary N) is 1. The molecule has 3 fully saturated rings. The Balaban J connectivity index is 1.32. The first kappa shape index (κ1) is 24.2. The molecule has 0 aromatic heterocycles. The lowest BCUT2D eigenvalue weighted by molar-refractivity contribution is -0.140. The summed E-state index contributed by atoms with van der Waals surface area (Å²) in [6, 6.07) is 8.42. The summed E-state index contributed by atoms with van der Waals surface area (Å²) in [5.74, 6) is 0.131. The second-order valence-electron chi connectivity index (χ2n) is 9.89. The van der Waals surface area contributed by atoms with Crippen molar-refractivity contribution in [3.05, 3.63) is 30.3 Å². The van der Waals surface area contributed by atoms with Crippen molar-refractivity contribution in [2.45, 2.75) is 62.7 Å². The summed E-state index contributed by atoms with van der Waals surface area (Å²) in [7, 11) is -3.60. The van der Waals surface area contributed by atoms with Crippen LogP contribution < -0.4 is 5.32 Å². The number of nitrogens with zero attached hydrogens (tertiary/aromatic N) is 2. The van der Waals surface area contributed by atoms with Crippen LogP contribution in [-0.4, -0.2) is 62.2 Å². The summed E-state index contributed by atoms with van der Waals surface area (Å²) < 4.78 is 27.5. The van der Waals surface area contributed by atoms with Crippen molar-refractivity contribution in [1.29, 1.82) is 0 Å². The van der Waals surface area contributed by atoms with Gasteiger partial charge in [0.15, 0.2) is 0 Å². The van der Waals surface area contributed by atoms with E-state index in [-0.39, 0.29) is 35.1 Å². The van der Waals surface area contributed by atoms with Gasteiger partial charge in [-0.05, 0) is 56.6 Å². The smallest absolute Gasteiger partial charge is 0.243 e. The first-order valence-electron chi connectivity index (χ1n) is 12.6. The van der Waals surface area contributed by atoms with Gasteiger partial charge in [0.05, 0.1) is 16.7 Å². The Morgan fingerprint density at radius 2 is 1.55 bits per heavy atom. The van der Waals surface area contributed by atoms with Gasteiger partial charge in [-0.1, -0.05) is 37.5 Å². The Bertz CT molecular complexity index is 915. The number of hydrogen-bond acceptors (Lipinski definition) is 4. The van der Waals surface area contributed by atoms with Crippen molar-refractivity contribution in [3.63, 3.8) is 0 Å². The molecule has 3 aliphatic rings. The fraction of sp³-hybridized carbons (Fsp3) is 0.680. The van der Waals surface area contributed by atoms with Crippen LogP contribution >= 0.6 is 0 Å². The maximum Gasteiger partial charge on any atom is 0.243 e. The molecule has 0 bridgehead atoms. The largest absolute Gasteiger partial charge is 0.356 e. The predicted molar refractivity (Wildman–Crippen MR) is 127 cm³/mol. The van der Waals surface area contributed by atoms with E-state index in [1.807, 2.05) is 0 Å². The normalized spacial score (nSPS) is 25.5. The zero-order valence-electron chi connectivity index (χ0n) is 19.5. The topological polar surface area (TPSA) is 86.8 Å². The molecule has 0 radical (unpaired) electrons. The lowest BCUT2D eigenvalue weighted by Gasteiger charge is -2.37. The van der Waals surface area contributed by atoms with E-state index in [9.17, 15) is 18.0 Å². The third-order valence-corrected chi connectivity index (χ3v) is 9.39. The van der Waals surface area contributed by atoms with Crippen molar-refractivity contribution in [3.8, 4) is 0 Å². The molecule has 182 valence electrons. The van der Waals surface area contributed by atoms with Gasteiger partial charge in [0, 0.05) is 32.7 Å². The molecule has 4 rings (SSSR count). The number of hydrogen-bond donors (Lipinski definition) is 1. The Hall–Kier alpha value is -1.93. The number of amides is 2. The maximum absolute atomic E-state index is 13.3. The molecule has 7 nitrogen and oxygen atoms in total. The first-order valence-corrected chi connectivity index (χ1v) is 14.0. The van der Waals surface area contributed by atoms with Crippen molar-refractivity contribution < 1.29 is 18.0 Å². The highest BCUT2D eigenvalue weighted by Gasteiger charge is 2.37. The highest BCUT2D eigenvalue weighted by molar-refractivity contribution is 7.89. The van der Waals surface area contributed by atoms with Gasteiger partial charge in [0.25, 0.3) is 0 Å².